The first-order valence-electron chi connectivity index (χ1n) is 7.14. The number of aromatic nitrogens is 2. The SMILES string of the molecule is C[C@@H](CN1CCNCC1)Nc1ncnc2[c]cccc12. The van der Waals surface area contributed by atoms with Crippen LogP contribution in [0.25, 0.3) is 10.9 Å². The summed E-state index contributed by atoms with van der Waals surface area (Å²) in [6.45, 7) is 7.62. The molecule has 20 heavy (non-hydrogen) atoms. The van der Waals surface area contributed by atoms with Crippen LogP contribution in [0.3, 0.4) is 0 Å². The van der Waals surface area contributed by atoms with Crippen LogP contribution < -0.4 is 10.6 Å². The lowest BCUT2D eigenvalue weighted by Gasteiger charge is -2.30. The smallest absolute Gasteiger partial charge is 0.137 e. The quantitative estimate of drug-likeness (QED) is 0.872. The Morgan fingerprint density at radius 2 is 2.25 bits per heavy atom. The summed E-state index contributed by atoms with van der Waals surface area (Å²) < 4.78 is 0. The predicted molar refractivity (Wildman–Crippen MR) is 80.8 cm³/mol. The number of fused-ring (bicyclic) bond motifs is 1. The van der Waals surface area contributed by atoms with Crippen LogP contribution >= 0.6 is 0 Å². The molecule has 2 heterocycles. The minimum Gasteiger partial charge on any atom is -0.366 e. The zero-order chi connectivity index (χ0) is 13.8. The van der Waals surface area contributed by atoms with Gasteiger partial charge in [-0.1, -0.05) is 12.1 Å². The fourth-order valence-electron chi connectivity index (χ4n) is 2.61. The van der Waals surface area contributed by atoms with Crippen LogP contribution in [0.1, 0.15) is 6.92 Å². The van der Waals surface area contributed by atoms with Crippen molar-refractivity contribution in [2.45, 2.75) is 13.0 Å². The van der Waals surface area contributed by atoms with E-state index in [1.165, 1.54) is 0 Å². The summed E-state index contributed by atoms with van der Waals surface area (Å²) in [6.07, 6.45) is 1.60. The maximum atomic E-state index is 4.37. The van der Waals surface area contributed by atoms with Gasteiger partial charge in [0.25, 0.3) is 0 Å². The summed E-state index contributed by atoms with van der Waals surface area (Å²) in [6, 6.07) is 9.37. The first-order valence-corrected chi connectivity index (χ1v) is 7.14. The summed E-state index contributed by atoms with van der Waals surface area (Å²) in [5.41, 5.74) is 0.861. The van der Waals surface area contributed by atoms with Crippen LogP contribution in [0.5, 0.6) is 0 Å². The van der Waals surface area contributed by atoms with Crippen LogP contribution in [0, 0.1) is 6.07 Å². The van der Waals surface area contributed by atoms with Gasteiger partial charge in [0.1, 0.15) is 12.1 Å². The number of hydrogen-bond donors (Lipinski definition) is 2. The summed E-state index contributed by atoms with van der Waals surface area (Å²) in [5, 5.41) is 7.90. The van der Waals surface area contributed by atoms with Crippen LogP contribution in [-0.2, 0) is 0 Å². The van der Waals surface area contributed by atoms with E-state index in [1.54, 1.807) is 6.33 Å². The predicted octanol–water partition coefficient (Wildman–Crippen LogP) is 1.14. The van der Waals surface area contributed by atoms with Gasteiger partial charge in [-0.3, -0.25) is 4.90 Å². The number of rotatable bonds is 4. The van der Waals surface area contributed by atoms with E-state index in [2.05, 4.69) is 38.5 Å². The molecule has 1 aromatic heterocycles. The second-order valence-electron chi connectivity index (χ2n) is 5.25. The van der Waals surface area contributed by atoms with Crippen molar-refractivity contribution < 1.29 is 0 Å². The molecule has 0 spiro atoms. The molecule has 1 atom stereocenters. The molecule has 0 unspecified atom stereocenters. The molecular formula is C15H20N5. The summed E-state index contributed by atoms with van der Waals surface area (Å²) >= 11 is 0. The monoisotopic (exact) mass is 270 g/mol. The molecule has 5 nitrogen and oxygen atoms in total. The second kappa shape index (κ2) is 6.15. The topological polar surface area (TPSA) is 53.1 Å². The van der Waals surface area contributed by atoms with E-state index in [4.69, 9.17) is 0 Å². The Bertz CT molecular complexity index is 560. The largest absolute Gasteiger partial charge is 0.366 e. The Morgan fingerprint density at radius 1 is 1.40 bits per heavy atom. The number of nitrogens with zero attached hydrogens (tertiary/aromatic N) is 3. The van der Waals surface area contributed by atoms with Crippen LogP contribution in [0.4, 0.5) is 5.82 Å². The number of hydrogen-bond acceptors (Lipinski definition) is 5. The van der Waals surface area contributed by atoms with Crippen molar-refractivity contribution in [1.29, 1.82) is 0 Å². The molecular weight excluding hydrogens is 250 g/mol. The van der Waals surface area contributed by atoms with Gasteiger partial charge in [0, 0.05) is 50.2 Å². The lowest BCUT2D eigenvalue weighted by atomic mass is 10.2. The van der Waals surface area contributed by atoms with E-state index in [9.17, 15) is 0 Å². The van der Waals surface area contributed by atoms with E-state index >= 15 is 0 Å². The molecule has 1 radical (unpaired) electrons. The van der Waals surface area contributed by atoms with Gasteiger partial charge in [-0.05, 0) is 13.0 Å². The summed E-state index contributed by atoms with van der Waals surface area (Å²) in [7, 11) is 0. The third-order valence-electron chi connectivity index (χ3n) is 3.59. The molecule has 1 aliphatic rings. The number of anilines is 1. The highest BCUT2D eigenvalue weighted by Crippen LogP contribution is 2.18. The van der Waals surface area contributed by atoms with Crippen LogP contribution in [-0.4, -0.2) is 53.6 Å². The first kappa shape index (κ1) is 13.3. The van der Waals surface area contributed by atoms with E-state index in [1.807, 2.05) is 18.2 Å². The molecule has 1 aromatic carbocycles. The second-order valence-corrected chi connectivity index (χ2v) is 5.25. The van der Waals surface area contributed by atoms with Gasteiger partial charge in [-0.2, -0.15) is 0 Å². The Morgan fingerprint density at radius 3 is 3.10 bits per heavy atom. The molecule has 3 rings (SSSR count). The van der Waals surface area contributed by atoms with Gasteiger partial charge in [0.15, 0.2) is 0 Å². The number of benzene rings is 1. The standard InChI is InChI=1S/C15H20N5/c1-12(10-20-8-6-16-7-9-20)19-15-13-4-2-3-5-14(13)17-11-18-15/h2-4,11-12,16H,6-10H2,1H3,(H,17,18,19)/t12-/m0/s1. The van der Waals surface area contributed by atoms with Gasteiger partial charge in [0.2, 0.25) is 0 Å². The molecule has 1 fully saturated rings. The Balaban J connectivity index is 1.69. The molecule has 1 aliphatic heterocycles. The van der Waals surface area contributed by atoms with Crippen molar-refractivity contribution in [3.63, 3.8) is 0 Å². The highest BCUT2D eigenvalue weighted by atomic mass is 15.2. The number of nitrogens with one attached hydrogen (secondary N) is 2. The maximum absolute atomic E-state index is 4.37. The average Bonchev–Trinajstić information content (AvgIpc) is 2.48. The molecule has 105 valence electrons. The lowest BCUT2D eigenvalue weighted by Crippen LogP contribution is -2.47. The highest BCUT2D eigenvalue weighted by molar-refractivity contribution is 5.88. The first-order chi connectivity index (χ1) is 9.83. The minimum atomic E-state index is 0.353. The van der Waals surface area contributed by atoms with Gasteiger partial charge in [0.05, 0.1) is 5.52 Å². The zero-order valence-electron chi connectivity index (χ0n) is 11.8. The molecule has 0 saturated carbocycles. The minimum absolute atomic E-state index is 0.353. The van der Waals surface area contributed by atoms with Gasteiger partial charge in [-0.25, -0.2) is 9.97 Å². The molecule has 2 aromatic rings. The van der Waals surface area contributed by atoms with Crippen LogP contribution in [0.2, 0.25) is 0 Å². The fourth-order valence-corrected chi connectivity index (χ4v) is 2.61. The van der Waals surface area contributed by atoms with Crippen molar-refractivity contribution in [2.75, 3.05) is 38.0 Å². The van der Waals surface area contributed by atoms with Crippen molar-refractivity contribution >= 4 is 16.7 Å². The normalized spacial score (nSPS) is 18.1. The van der Waals surface area contributed by atoms with E-state index in [0.717, 1.165) is 49.4 Å². The van der Waals surface area contributed by atoms with Gasteiger partial charge < -0.3 is 10.6 Å². The zero-order valence-corrected chi connectivity index (χ0v) is 11.8. The van der Waals surface area contributed by atoms with Crippen molar-refractivity contribution in [3.05, 3.63) is 30.6 Å². The van der Waals surface area contributed by atoms with Crippen molar-refractivity contribution in [2.24, 2.45) is 0 Å². The average molecular weight is 270 g/mol. The molecule has 2 N–H and O–H groups in total. The van der Waals surface area contributed by atoms with E-state index in [0.29, 0.717) is 6.04 Å². The Hall–Kier alpha value is -1.72. The summed E-state index contributed by atoms with van der Waals surface area (Å²) in [4.78, 5) is 11.1. The maximum Gasteiger partial charge on any atom is 0.137 e. The third kappa shape index (κ3) is 3.05. The molecule has 0 bridgehead atoms. The van der Waals surface area contributed by atoms with Crippen molar-refractivity contribution in [1.82, 2.24) is 20.2 Å². The summed E-state index contributed by atoms with van der Waals surface area (Å²) in [5.74, 6) is 0.898. The van der Waals surface area contributed by atoms with E-state index in [-0.39, 0.29) is 0 Å². The van der Waals surface area contributed by atoms with Crippen molar-refractivity contribution in [3.8, 4) is 0 Å². The lowest BCUT2D eigenvalue weighted by molar-refractivity contribution is 0.235. The fraction of sp³-hybridized carbons (Fsp3) is 0.467. The van der Waals surface area contributed by atoms with E-state index < -0.39 is 0 Å². The Labute approximate surface area is 119 Å². The molecule has 0 amide bonds. The van der Waals surface area contributed by atoms with Gasteiger partial charge in [-0.15, -0.1) is 0 Å². The molecule has 5 heteroatoms. The van der Waals surface area contributed by atoms with Gasteiger partial charge >= 0.3 is 0 Å². The highest BCUT2D eigenvalue weighted by Gasteiger charge is 2.14. The number of para-hydroxylation sites is 1. The van der Waals surface area contributed by atoms with Crippen LogP contribution in [0.15, 0.2) is 24.5 Å². The molecule has 1 saturated heterocycles. The third-order valence-corrected chi connectivity index (χ3v) is 3.59. The molecule has 0 aliphatic carbocycles. The Kier molecular flexibility index (Phi) is 4.08. The number of piperazine rings is 1.